The molecule has 0 saturated heterocycles. The summed E-state index contributed by atoms with van der Waals surface area (Å²) in [6.45, 7) is 1.33. The number of nitrogens with zero attached hydrogens (tertiary/aromatic N) is 2. The first-order valence-electron chi connectivity index (χ1n) is 6.38. The third-order valence-corrected chi connectivity index (χ3v) is 4.25. The molecule has 0 saturated carbocycles. The second-order valence-corrected chi connectivity index (χ2v) is 6.45. The van der Waals surface area contributed by atoms with Crippen LogP contribution >= 0.6 is 0 Å². The molecular weight excluding hydrogens is 338 g/mol. The molecule has 1 N–H and O–H groups in total. The number of anilines is 1. The second-order valence-electron chi connectivity index (χ2n) is 4.53. The van der Waals surface area contributed by atoms with Crippen molar-refractivity contribution in [2.45, 2.75) is 24.0 Å². The Hall–Kier alpha value is -2.30. The van der Waals surface area contributed by atoms with Crippen LogP contribution in [-0.2, 0) is 14.6 Å². The van der Waals surface area contributed by atoms with E-state index in [2.05, 4.69) is 0 Å². The van der Waals surface area contributed by atoms with E-state index in [0.29, 0.717) is 12.5 Å². The maximum atomic E-state index is 12.5. The summed E-state index contributed by atoms with van der Waals surface area (Å²) < 4.78 is 47.9. The number of nitro benzene ring substituents is 1. The Bertz CT molecular complexity index is 708. The summed E-state index contributed by atoms with van der Waals surface area (Å²) >= 11 is 0. The Morgan fingerprint density at radius 1 is 1.43 bits per heavy atom. The number of alkyl halides is 2. The summed E-state index contributed by atoms with van der Waals surface area (Å²) in [7, 11) is -4.98. The van der Waals surface area contributed by atoms with Crippen LogP contribution in [0.5, 0.6) is 0 Å². The van der Waals surface area contributed by atoms with Gasteiger partial charge in [-0.15, -0.1) is 0 Å². The first-order chi connectivity index (χ1) is 10.6. The van der Waals surface area contributed by atoms with Crippen LogP contribution in [0.3, 0.4) is 0 Å². The Balaban J connectivity index is 3.45. The smallest absolute Gasteiger partial charge is 0.341 e. The Morgan fingerprint density at radius 3 is 2.48 bits per heavy atom. The van der Waals surface area contributed by atoms with Crippen molar-refractivity contribution in [3.8, 4) is 0 Å². The fraction of sp³-hybridized carbons (Fsp3) is 0.417. The van der Waals surface area contributed by atoms with E-state index in [4.69, 9.17) is 5.11 Å². The van der Waals surface area contributed by atoms with Crippen LogP contribution in [-0.4, -0.2) is 43.3 Å². The van der Waals surface area contributed by atoms with E-state index in [0.717, 1.165) is 12.1 Å². The van der Waals surface area contributed by atoms with Crippen molar-refractivity contribution in [2.75, 3.05) is 18.0 Å². The third-order valence-electron chi connectivity index (χ3n) is 2.87. The number of halogens is 2. The molecule has 0 aliphatic rings. The van der Waals surface area contributed by atoms with Crippen LogP contribution in [0, 0.1) is 10.1 Å². The second kappa shape index (κ2) is 7.31. The highest BCUT2D eigenvalue weighted by molar-refractivity contribution is 7.91. The topological polar surface area (TPSA) is 118 Å². The molecule has 0 radical (unpaired) electrons. The lowest BCUT2D eigenvalue weighted by Gasteiger charge is -2.22. The predicted molar refractivity (Wildman–Crippen MR) is 76.4 cm³/mol. The third kappa shape index (κ3) is 4.34. The molecule has 23 heavy (non-hydrogen) atoms. The maximum absolute atomic E-state index is 12.5. The van der Waals surface area contributed by atoms with Gasteiger partial charge in [0.15, 0.2) is 0 Å². The average Bonchev–Trinajstić information content (AvgIpc) is 2.45. The number of aliphatic carboxylic acids is 1. The van der Waals surface area contributed by atoms with E-state index >= 15 is 0 Å². The fourth-order valence-corrected chi connectivity index (χ4v) is 2.65. The van der Waals surface area contributed by atoms with Crippen LogP contribution < -0.4 is 4.90 Å². The molecule has 0 spiro atoms. The van der Waals surface area contributed by atoms with Gasteiger partial charge >= 0.3 is 11.7 Å². The molecule has 1 aromatic rings. The van der Waals surface area contributed by atoms with Crippen LogP contribution in [0.2, 0.25) is 0 Å². The van der Waals surface area contributed by atoms with Crippen LogP contribution in [0.4, 0.5) is 20.2 Å². The van der Waals surface area contributed by atoms with Gasteiger partial charge in [-0.2, -0.15) is 8.78 Å². The molecule has 0 unspecified atom stereocenters. The molecule has 1 aromatic carbocycles. The minimum Gasteiger partial charge on any atom is -0.480 e. The molecule has 0 amide bonds. The number of hydrogen-bond acceptors (Lipinski definition) is 6. The van der Waals surface area contributed by atoms with E-state index in [1.165, 1.54) is 4.90 Å². The largest absolute Gasteiger partial charge is 0.480 e. The van der Waals surface area contributed by atoms with E-state index in [9.17, 15) is 32.1 Å². The minimum absolute atomic E-state index is 0.146. The highest BCUT2D eigenvalue weighted by Gasteiger charge is 2.30. The van der Waals surface area contributed by atoms with Crippen molar-refractivity contribution in [2.24, 2.45) is 0 Å². The summed E-state index contributed by atoms with van der Waals surface area (Å²) in [5.41, 5.74) is -0.895. The number of nitro groups is 1. The highest BCUT2D eigenvalue weighted by atomic mass is 32.2. The van der Waals surface area contributed by atoms with Crippen molar-refractivity contribution in [1.82, 2.24) is 0 Å². The minimum atomic E-state index is -4.98. The van der Waals surface area contributed by atoms with Gasteiger partial charge in [-0.1, -0.05) is 6.92 Å². The molecule has 1 rings (SSSR count). The monoisotopic (exact) mass is 352 g/mol. The number of hydrogen-bond donors (Lipinski definition) is 1. The molecule has 0 bridgehead atoms. The van der Waals surface area contributed by atoms with Gasteiger partial charge in [-0.25, -0.2) is 8.42 Å². The number of sulfone groups is 1. The zero-order valence-electron chi connectivity index (χ0n) is 12.0. The van der Waals surface area contributed by atoms with Gasteiger partial charge in [-0.3, -0.25) is 14.9 Å². The van der Waals surface area contributed by atoms with Gasteiger partial charge in [-0.05, 0) is 18.6 Å². The zero-order valence-corrected chi connectivity index (χ0v) is 12.8. The first kappa shape index (κ1) is 18.7. The standard InChI is InChI=1S/C12H14F2N2O6S/c1-2-5-15(7-11(17)18)9-4-3-8(6-10(9)16(19)20)23(21,22)12(13)14/h3-4,6,12H,2,5,7H2,1H3,(H,17,18). The molecule has 0 fully saturated rings. The number of benzene rings is 1. The number of carboxylic acid groups (broad SMARTS) is 1. The lowest BCUT2D eigenvalue weighted by atomic mass is 10.2. The molecule has 0 aliphatic carbocycles. The van der Waals surface area contributed by atoms with E-state index < -0.39 is 43.6 Å². The van der Waals surface area contributed by atoms with E-state index in [-0.39, 0.29) is 12.2 Å². The predicted octanol–water partition coefficient (Wildman–Crippen LogP) is 1.89. The molecule has 0 aliphatic heterocycles. The molecule has 0 aromatic heterocycles. The van der Waals surface area contributed by atoms with Gasteiger partial charge in [0, 0.05) is 12.6 Å². The quantitative estimate of drug-likeness (QED) is 0.560. The van der Waals surface area contributed by atoms with Crippen molar-refractivity contribution in [3.63, 3.8) is 0 Å². The fourth-order valence-electron chi connectivity index (χ4n) is 1.91. The summed E-state index contributed by atoms with van der Waals surface area (Å²) in [5, 5.41) is 20.0. The van der Waals surface area contributed by atoms with Crippen molar-refractivity contribution in [3.05, 3.63) is 28.3 Å². The summed E-state index contributed by atoms with van der Waals surface area (Å²) in [4.78, 5) is 21.3. The molecule has 0 atom stereocenters. The molecule has 128 valence electrons. The summed E-state index contributed by atoms with van der Waals surface area (Å²) in [5.74, 6) is -4.95. The summed E-state index contributed by atoms with van der Waals surface area (Å²) in [6, 6.07) is 2.28. The van der Waals surface area contributed by atoms with Gasteiger partial charge in [0.2, 0.25) is 9.84 Å². The molecular formula is C12H14F2N2O6S. The van der Waals surface area contributed by atoms with Gasteiger partial charge in [0.25, 0.3) is 5.69 Å². The number of rotatable bonds is 8. The lowest BCUT2D eigenvalue weighted by Crippen LogP contribution is -2.31. The first-order valence-corrected chi connectivity index (χ1v) is 7.93. The molecule has 8 nitrogen and oxygen atoms in total. The zero-order chi connectivity index (χ0) is 17.8. The molecule has 11 heteroatoms. The Morgan fingerprint density at radius 2 is 2.04 bits per heavy atom. The SMILES string of the molecule is CCCN(CC(=O)O)c1ccc(S(=O)(=O)C(F)F)cc1[N+](=O)[O-]. The average molecular weight is 352 g/mol. The maximum Gasteiger partial charge on any atom is 0.341 e. The Kier molecular flexibility index (Phi) is 5.96. The van der Waals surface area contributed by atoms with Gasteiger partial charge in [0.05, 0.1) is 9.82 Å². The van der Waals surface area contributed by atoms with E-state index in [1.54, 1.807) is 6.92 Å². The van der Waals surface area contributed by atoms with Crippen LogP contribution in [0.15, 0.2) is 23.1 Å². The van der Waals surface area contributed by atoms with Gasteiger partial charge in [0.1, 0.15) is 12.2 Å². The number of carbonyl (C=O) groups is 1. The highest BCUT2D eigenvalue weighted by Crippen LogP contribution is 2.32. The Labute approximate surface area is 130 Å². The normalized spacial score (nSPS) is 11.5. The lowest BCUT2D eigenvalue weighted by molar-refractivity contribution is -0.384. The number of carboxylic acids is 1. The van der Waals surface area contributed by atoms with Crippen molar-refractivity contribution < 1.29 is 32.0 Å². The molecule has 0 heterocycles. The van der Waals surface area contributed by atoms with Crippen LogP contribution in [0.25, 0.3) is 0 Å². The van der Waals surface area contributed by atoms with Crippen molar-refractivity contribution >= 4 is 27.2 Å². The van der Waals surface area contributed by atoms with Crippen LogP contribution in [0.1, 0.15) is 13.3 Å². The van der Waals surface area contributed by atoms with Crippen molar-refractivity contribution in [1.29, 1.82) is 0 Å². The summed E-state index contributed by atoms with van der Waals surface area (Å²) in [6.07, 6.45) is 0.474. The van der Waals surface area contributed by atoms with E-state index in [1.807, 2.05) is 0 Å². The van der Waals surface area contributed by atoms with Gasteiger partial charge < -0.3 is 10.0 Å².